The second-order valence-corrected chi connectivity index (χ2v) is 9.70. The maximum atomic E-state index is 15.6. The Morgan fingerprint density at radius 2 is 1.68 bits per heavy atom. The largest absolute Gasteiger partial charge is 0.361 e. The van der Waals surface area contributed by atoms with E-state index >= 15 is 8.78 Å². The monoisotopic (exact) mass is 517 g/mol. The first-order chi connectivity index (χ1) is 18.2. The zero-order valence-corrected chi connectivity index (χ0v) is 21.2. The SMILES string of the molecule is [C-]#[N+]c1ccc2c(n1)c(N1C[C@@H](C)N(C(c3ccc(F)cc3)c3ccccc3F)C[C@@H]1C)c(F)c(=O)n2C. The van der Waals surface area contributed by atoms with Gasteiger partial charge in [-0.15, -0.1) is 4.98 Å². The number of fused-ring (bicyclic) bond motifs is 1. The molecule has 1 aliphatic heterocycles. The van der Waals surface area contributed by atoms with Gasteiger partial charge in [0.2, 0.25) is 11.3 Å². The summed E-state index contributed by atoms with van der Waals surface area (Å²) in [5.41, 5.74) is 1.16. The van der Waals surface area contributed by atoms with Crippen molar-refractivity contribution >= 4 is 22.5 Å². The molecule has 9 heteroatoms. The minimum atomic E-state index is -0.925. The lowest BCUT2D eigenvalue weighted by Gasteiger charge is -2.48. The summed E-state index contributed by atoms with van der Waals surface area (Å²) < 4.78 is 45.6. The Balaban J connectivity index is 1.60. The van der Waals surface area contributed by atoms with Crippen molar-refractivity contribution in [2.45, 2.75) is 32.0 Å². The molecule has 1 saturated heterocycles. The number of aryl methyl sites for hydroxylation is 1. The summed E-state index contributed by atoms with van der Waals surface area (Å²) in [6.07, 6.45) is 0. The van der Waals surface area contributed by atoms with Crippen LogP contribution in [-0.4, -0.2) is 39.6 Å². The van der Waals surface area contributed by atoms with Gasteiger partial charge in [0.15, 0.2) is 0 Å². The normalized spacial score (nSPS) is 18.9. The van der Waals surface area contributed by atoms with E-state index in [0.717, 1.165) is 5.56 Å². The molecule has 2 aromatic heterocycles. The molecule has 6 nitrogen and oxygen atoms in total. The minimum absolute atomic E-state index is 0.0665. The third-order valence-electron chi connectivity index (χ3n) is 7.30. The van der Waals surface area contributed by atoms with Crippen LogP contribution in [0.25, 0.3) is 15.9 Å². The molecule has 0 N–H and O–H groups in total. The van der Waals surface area contributed by atoms with Crippen molar-refractivity contribution in [2.24, 2.45) is 7.05 Å². The molecule has 5 rings (SSSR count). The van der Waals surface area contributed by atoms with E-state index in [4.69, 9.17) is 6.57 Å². The first-order valence-electron chi connectivity index (χ1n) is 12.3. The van der Waals surface area contributed by atoms with Gasteiger partial charge in [0.05, 0.1) is 11.6 Å². The zero-order chi connectivity index (χ0) is 27.1. The van der Waals surface area contributed by atoms with Gasteiger partial charge in [0.1, 0.15) is 17.3 Å². The number of piperazine rings is 1. The van der Waals surface area contributed by atoms with E-state index in [9.17, 15) is 9.18 Å². The zero-order valence-electron chi connectivity index (χ0n) is 21.2. The van der Waals surface area contributed by atoms with Gasteiger partial charge in [0.25, 0.3) is 11.4 Å². The van der Waals surface area contributed by atoms with Crippen molar-refractivity contribution in [2.75, 3.05) is 18.0 Å². The van der Waals surface area contributed by atoms with Gasteiger partial charge in [-0.2, -0.15) is 4.39 Å². The summed E-state index contributed by atoms with van der Waals surface area (Å²) in [4.78, 5) is 24.5. The Bertz CT molecular complexity index is 1610. The molecule has 38 heavy (non-hydrogen) atoms. The van der Waals surface area contributed by atoms with E-state index in [1.165, 1.54) is 35.9 Å². The molecule has 194 valence electrons. The Labute approximate surface area is 218 Å². The van der Waals surface area contributed by atoms with Crippen molar-refractivity contribution in [3.8, 4) is 0 Å². The number of nitrogens with zero attached hydrogens (tertiary/aromatic N) is 5. The molecule has 4 aromatic rings. The number of halogens is 3. The second kappa shape index (κ2) is 9.95. The lowest BCUT2D eigenvalue weighted by molar-refractivity contribution is 0.127. The van der Waals surface area contributed by atoms with Gasteiger partial charge < -0.3 is 14.3 Å². The summed E-state index contributed by atoms with van der Waals surface area (Å²) in [5, 5.41) is 0. The number of anilines is 1. The van der Waals surface area contributed by atoms with Crippen molar-refractivity contribution in [1.82, 2.24) is 14.5 Å². The van der Waals surface area contributed by atoms with Crippen molar-refractivity contribution in [1.29, 1.82) is 0 Å². The highest BCUT2D eigenvalue weighted by Gasteiger charge is 2.38. The molecule has 1 fully saturated rings. The van der Waals surface area contributed by atoms with Crippen LogP contribution < -0.4 is 10.5 Å². The van der Waals surface area contributed by atoms with Crippen molar-refractivity contribution < 1.29 is 13.2 Å². The van der Waals surface area contributed by atoms with Gasteiger partial charge in [-0.3, -0.25) is 9.69 Å². The highest BCUT2D eigenvalue weighted by Crippen LogP contribution is 2.37. The third kappa shape index (κ3) is 4.31. The van der Waals surface area contributed by atoms with E-state index < -0.39 is 17.4 Å². The van der Waals surface area contributed by atoms with Crippen LogP contribution in [-0.2, 0) is 7.05 Å². The number of pyridine rings is 2. The smallest absolute Gasteiger partial charge is 0.289 e. The first-order valence-corrected chi connectivity index (χ1v) is 12.3. The molecule has 0 bridgehead atoms. The maximum absolute atomic E-state index is 15.6. The fourth-order valence-corrected chi connectivity index (χ4v) is 5.39. The Morgan fingerprint density at radius 1 is 0.974 bits per heavy atom. The molecule has 0 spiro atoms. The van der Waals surface area contributed by atoms with Crippen LogP contribution in [0.4, 0.5) is 24.7 Å². The fraction of sp³-hybridized carbons (Fsp3) is 0.276. The van der Waals surface area contributed by atoms with Crippen molar-refractivity contribution in [3.63, 3.8) is 0 Å². The quantitative estimate of drug-likeness (QED) is 0.331. The van der Waals surface area contributed by atoms with Gasteiger partial charge in [-0.05, 0) is 49.7 Å². The van der Waals surface area contributed by atoms with E-state index in [2.05, 4.69) is 14.7 Å². The van der Waals surface area contributed by atoms with Crippen LogP contribution in [0.5, 0.6) is 0 Å². The lowest BCUT2D eigenvalue weighted by atomic mass is 9.93. The molecule has 0 amide bonds. The molecule has 3 atom stereocenters. The molecule has 0 aliphatic carbocycles. The first kappa shape index (κ1) is 25.5. The molecular formula is C29H26F3N5O. The standard InChI is InChI=1S/C29H26F3N5O/c1-17-16-37(28-25(32)29(38)35(4)23-13-14-24(33-3)34-26(23)28)18(2)15-36(17)27(19-9-11-20(30)12-10-19)21-7-5-6-8-22(21)31/h5-14,17-18,27H,15-16H2,1-2,4H3/t17-,18+,27?/m1/s1. The molecular weight excluding hydrogens is 491 g/mol. The van der Waals surface area contributed by atoms with E-state index in [1.807, 2.05) is 18.7 Å². The molecule has 1 unspecified atom stereocenters. The molecule has 1 aliphatic rings. The summed E-state index contributed by atoms with van der Waals surface area (Å²) in [6, 6.07) is 14.6. The molecule has 2 aromatic carbocycles. The minimum Gasteiger partial charge on any atom is -0.361 e. The van der Waals surface area contributed by atoms with Crippen LogP contribution in [0.3, 0.4) is 0 Å². The van der Waals surface area contributed by atoms with Crippen LogP contribution in [0, 0.1) is 24.0 Å². The fourth-order valence-electron chi connectivity index (χ4n) is 5.39. The van der Waals surface area contributed by atoms with E-state index in [0.29, 0.717) is 24.2 Å². The Kier molecular flexibility index (Phi) is 6.67. The maximum Gasteiger partial charge on any atom is 0.289 e. The van der Waals surface area contributed by atoms with Gasteiger partial charge in [-0.1, -0.05) is 36.9 Å². The third-order valence-corrected chi connectivity index (χ3v) is 7.30. The second-order valence-electron chi connectivity index (χ2n) is 9.70. The van der Waals surface area contributed by atoms with Gasteiger partial charge >= 0.3 is 0 Å². The average Bonchev–Trinajstić information content (AvgIpc) is 2.91. The summed E-state index contributed by atoms with van der Waals surface area (Å²) in [7, 11) is 1.47. The molecule has 0 radical (unpaired) electrons. The number of benzene rings is 2. The number of rotatable bonds is 4. The van der Waals surface area contributed by atoms with Crippen molar-refractivity contribution in [3.05, 3.63) is 111 Å². The van der Waals surface area contributed by atoms with Crippen LogP contribution in [0.15, 0.2) is 65.5 Å². The van der Waals surface area contributed by atoms with Crippen LogP contribution >= 0.6 is 0 Å². The Hall–Kier alpha value is -4.16. The van der Waals surface area contributed by atoms with Gasteiger partial charge in [0, 0.05) is 37.8 Å². The number of aromatic nitrogens is 2. The van der Waals surface area contributed by atoms with Crippen LogP contribution in [0.1, 0.15) is 31.0 Å². The van der Waals surface area contributed by atoms with Crippen LogP contribution in [0.2, 0.25) is 0 Å². The summed E-state index contributed by atoms with van der Waals surface area (Å²) >= 11 is 0. The van der Waals surface area contributed by atoms with E-state index in [-0.39, 0.29) is 40.7 Å². The summed E-state index contributed by atoms with van der Waals surface area (Å²) in [5.74, 6) is -1.58. The Morgan fingerprint density at radius 3 is 2.37 bits per heavy atom. The van der Waals surface area contributed by atoms with Gasteiger partial charge in [-0.25, -0.2) is 8.78 Å². The molecule has 3 heterocycles. The lowest BCUT2D eigenvalue weighted by Crippen LogP contribution is -2.58. The highest BCUT2D eigenvalue weighted by molar-refractivity contribution is 5.90. The highest BCUT2D eigenvalue weighted by atomic mass is 19.1. The number of hydrogen-bond donors (Lipinski definition) is 0. The predicted molar refractivity (Wildman–Crippen MR) is 141 cm³/mol. The summed E-state index contributed by atoms with van der Waals surface area (Å²) in [6.45, 7) is 11.9. The average molecular weight is 518 g/mol. The predicted octanol–water partition coefficient (Wildman–Crippen LogP) is 5.59. The number of hydrogen-bond acceptors (Lipinski definition) is 4. The van der Waals surface area contributed by atoms with E-state index in [1.54, 1.807) is 36.4 Å². The molecule has 0 saturated carbocycles. The topological polar surface area (TPSA) is 45.7 Å².